The first-order chi connectivity index (χ1) is 14.0. The van der Waals surface area contributed by atoms with E-state index in [0.29, 0.717) is 41.7 Å². The molecule has 1 aromatic heterocycles. The van der Waals surface area contributed by atoms with Crippen LogP contribution in [0.1, 0.15) is 28.4 Å². The summed E-state index contributed by atoms with van der Waals surface area (Å²) in [7, 11) is -1.05. The number of fused-ring (bicyclic) bond motifs is 1. The lowest BCUT2D eigenvalue weighted by molar-refractivity contribution is 0.0342. The molecule has 2 aromatic rings. The highest BCUT2D eigenvalue weighted by molar-refractivity contribution is 6.52. The number of nitrogens with two attached hydrogens (primary N) is 1. The van der Waals surface area contributed by atoms with Crippen molar-refractivity contribution in [3.8, 4) is 11.8 Å². The molecular weight excluding hydrogens is 396 g/mol. The van der Waals surface area contributed by atoms with E-state index in [4.69, 9.17) is 26.7 Å². The van der Waals surface area contributed by atoms with E-state index in [0.717, 1.165) is 0 Å². The van der Waals surface area contributed by atoms with Crippen molar-refractivity contribution in [3.63, 3.8) is 0 Å². The van der Waals surface area contributed by atoms with Gasteiger partial charge in [0.2, 0.25) is 0 Å². The number of hydrogen-bond acceptors (Lipinski definition) is 7. The van der Waals surface area contributed by atoms with E-state index in [9.17, 15) is 15.1 Å². The van der Waals surface area contributed by atoms with Crippen molar-refractivity contribution in [2.45, 2.75) is 12.5 Å². The zero-order valence-corrected chi connectivity index (χ0v) is 16.0. The van der Waals surface area contributed by atoms with Gasteiger partial charge in [-0.1, -0.05) is 17.7 Å². The Morgan fingerprint density at radius 3 is 3.10 bits per heavy atom. The van der Waals surface area contributed by atoms with Crippen molar-refractivity contribution in [2.24, 2.45) is 11.7 Å². The van der Waals surface area contributed by atoms with Crippen LogP contribution in [-0.4, -0.2) is 41.0 Å². The first-order valence-electron chi connectivity index (χ1n) is 8.96. The molecule has 0 spiro atoms. The SMILES string of the molecule is N#C[C@H]1CCOCC1n1cc(C(N)=O)c(Nc2cc(Cl)c3c(c2)C=CB(O)O3)n1. The van der Waals surface area contributed by atoms with Gasteiger partial charge in [-0.15, -0.1) is 0 Å². The van der Waals surface area contributed by atoms with Gasteiger partial charge in [-0.25, -0.2) is 0 Å². The summed E-state index contributed by atoms with van der Waals surface area (Å²) >= 11 is 6.27. The number of primary amides is 1. The number of nitrogens with zero attached hydrogens (tertiary/aromatic N) is 3. The maximum atomic E-state index is 11.9. The second kappa shape index (κ2) is 7.79. The topological polar surface area (TPSA) is 135 Å². The van der Waals surface area contributed by atoms with Crippen LogP contribution in [0.25, 0.3) is 6.08 Å². The Labute approximate surface area is 171 Å². The Kier molecular flexibility index (Phi) is 5.19. The highest BCUT2D eigenvalue weighted by atomic mass is 35.5. The standard InChI is InChI=1S/C18H17BClN5O4/c20-14-6-12(5-10-1-3-19(27)29-16(10)14)23-18-13(17(22)26)8-25(24-18)15-9-28-4-2-11(15)7-21/h1,3,5-6,8,11,15,27H,2,4,9H2,(H2,22,26)(H,23,24)/t11-,15?/m1/s1. The number of anilines is 2. The summed E-state index contributed by atoms with van der Waals surface area (Å²) in [5, 5.41) is 26.8. The molecule has 0 radical (unpaired) electrons. The number of aromatic nitrogens is 2. The third-order valence-electron chi connectivity index (χ3n) is 4.84. The molecule has 2 aliphatic heterocycles. The van der Waals surface area contributed by atoms with Crippen molar-refractivity contribution in [1.29, 1.82) is 5.26 Å². The first-order valence-corrected chi connectivity index (χ1v) is 9.34. The Balaban J connectivity index is 1.67. The molecule has 29 heavy (non-hydrogen) atoms. The molecule has 1 unspecified atom stereocenters. The summed E-state index contributed by atoms with van der Waals surface area (Å²) < 4.78 is 12.3. The van der Waals surface area contributed by atoms with Crippen molar-refractivity contribution >= 4 is 42.2 Å². The number of hydrogen-bond donors (Lipinski definition) is 3. The van der Waals surface area contributed by atoms with Gasteiger partial charge in [0.15, 0.2) is 5.82 Å². The van der Waals surface area contributed by atoms with Gasteiger partial charge in [-0.05, 0) is 24.5 Å². The van der Waals surface area contributed by atoms with Gasteiger partial charge >= 0.3 is 7.12 Å². The smallest absolute Gasteiger partial charge is 0.531 e. The largest absolute Gasteiger partial charge is 0.552 e. The summed E-state index contributed by atoms with van der Waals surface area (Å²) in [5.41, 5.74) is 6.93. The number of amides is 1. The van der Waals surface area contributed by atoms with E-state index in [1.165, 1.54) is 12.2 Å². The van der Waals surface area contributed by atoms with Crippen LogP contribution in [0.5, 0.6) is 5.75 Å². The van der Waals surface area contributed by atoms with Crippen molar-refractivity contribution in [3.05, 3.63) is 40.5 Å². The minimum Gasteiger partial charge on any atom is -0.531 e. The Hall–Kier alpha value is -3.00. The third kappa shape index (κ3) is 3.80. The fourth-order valence-electron chi connectivity index (χ4n) is 3.39. The molecule has 1 aromatic carbocycles. The van der Waals surface area contributed by atoms with Crippen molar-refractivity contribution < 1.29 is 19.2 Å². The lowest BCUT2D eigenvalue weighted by Gasteiger charge is -2.26. The number of ether oxygens (including phenoxy) is 1. The van der Waals surface area contributed by atoms with Gasteiger partial charge < -0.3 is 25.5 Å². The zero-order chi connectivity index (χ0) is 20.5. The molecule has 4 N–H and O–H groups in total. The quantitative estimate of drug-likeness (QED) is 0.651. The van der Waals surface area contributed by atoms with Crippen LogP contribution >= 0.6 is 11.6 Å². The molecule has 1 amide bonds. The third-order valence-corrected chi connectivity index (χ3v) is 5.12. The van der Waals surface area contributed by atoms with Crippen LogP contribution < -0.4 is 15.7 Å². The first kappa shape index (κ1) is 19.3. The molecule has 1 fully saturated rings. The molecule has 0 aliphatic carbocycles. The lowest BCUT2D eigenvalue weighted by Crippen LogP contribution is -2.29. The van der Waals surface area contributed by atoms with E-state index in [1.54, 1.807) is 22.9 Å². The molecule has 2 aliphatic rings. The highest BCUT2D eigenvalue weighted by Gasteiger charge is 2.30. The number of carbonyl (C=O) groups excluding carboxylic acids is 1. The van der Waals surface area contributed by atoms with Crippen molar-refractivity contribution in [2.75, 3.05) is 18.5 Å². The van der Waals surface area contributed by atoms with Gasteiger partial charge in [0.05, 0.1) is 29.7 Å². The minimum absolute atomic E-state index is 0.184. The monoisotopic (exact) mass is 413 g/mol. The van der Waals surface area contributed by atoms with Crippen molar-refractivity contribution in [1.82, 2.24) is 9.78 Å². The Morgan fingerprint density at radius 2 is 2.34 bits per heavy atom. The maximum Gasteiger partial charge on any atom is 0.552 e. The van der Waals surface area contributed by atoms with Crippen LogP contribution in [0.3, 0.4) is 0 Å². The Morgan fingerprint density at radius 1 is 1.52 bits per heavy atom. The molecule has 3 heterocycles. The van der Waals surface area contributed by atoms with Gasteiger partial charge in [0, 0.05) is 24.1 Å². The maximum absolute atomic E-state index is 11.9. The second-order valence-electron chi connectivity index (χ2n) is 6.77. The van der Waals surface area contributed by atoms with E-state index >= 15 is 0 Å². The number of carbonyl (C=O) groups is 1. The fraction of sp³-hybridized carbons (Fsp3) is 0.278. The van der Waals surface area contributed by atoms with Crippen LogP contribution in [0, 0.1) is 17.2 Å². The highest BCUT2D eigenvalue weighted by Crippen LogP contribution is 2.37. The lowest BCUT2D eigenvalue weighted by atomic mass is 9.86. The summed E-state index contributed by atoms with van der Waals surface area (Å²) in [4.78, 5) is 11.9. The van der Waals surface area contributed by atoms with E-state index < -0.39 is 13.0 Å². The number of nitrogens with one attached hydrogen (secondary N) is 1. The molecule has 1 saturated heterocycles. The zero-order valence-electron chi connectivity index (χ0n) is 15.2. The normalized spacial score (nSPS) is 20.5. The Bertz CT molecular complexity index is 1030. The predicted octanol–water partition coefficient (Wildman–Crippen LogP) is 1.91. The average Bonchev–Trinajstić information content (AvgIpc) is 3.12. The van der Waals surface area contributed by atoms with Crippen LogP contribution in [0.4, 0.5) is 11.5 Å². The van der Waals surface area contributed by atoms with E-state index in [1.807, 2.05) is 0 Å². The van der Waals surface area contributed by atoms with Gasteiger partial charge in [0.25, 0.3) is 5.91 Å². The summed E-state index contributed by atoms with van der Waals surface area (Å²) in [6.07, 6.45) is 3.80. The minimum atomic E-state index is -1.05. The van der Waals surface area contributed by atoms with Gasteiger partial charge in [0.1, 0.15) is 11.3 Å². The molecule has 11 heteroatoms. The van der Waals surface area contributed by atoms with Crippen LogP contribution in [0.15, 0.2) is 24.3 Å². The van der Waals surface area contributed by atoms with Crippen LogP contribution in [0.2, 0.25) is 5.02 Å². The number of halogens is 1. The second-order valence-corrected chi connectivity index (χ2v) is 7.18. The summed E-state index contributed by atoms with van der Waals surface area (Å²) in [6, 6.07) is 5.30. The van der Waals surface area contributed by atoms with E-state index in [2.05, 4.69) is 16.5 Å². The molecule has 9 nitrogen and oxygen atoms in total. The molecule has 4 rings (SSSR count). The van der Waals surface area contributed by atoms with Crippen LogP contribution in [-0.2, 0) is 4.74 Å². The number of benzene rings is 1. The molecule has 0 saturated carbocycles. The van der Waals surface area contributed by atoms with Gasteiger partial charge in [-0.2, -0.15) is 10.4 Å². The summed E-state index contributed by atoms with van der Waals surface area (Å²) in [5.74, 6) is 1.17. The predicted molar refractivity (Wildman–Crippen MR) is 107 cm³/mol. The number of rotatable bonds is 4. The molecule has 2 atom stereocenters. The number of nitriles is 1. The molecular formula is C18H17BClN5O4. The fourth-order valence-corrected chi connectivity index (χ4v) is 3.66. The summed E-state index contributed by atoms with van der Waals surface area (Å²) in [6.45, 7) is 0.842. The van der Waals surface area contributed by atoms with E-state index in [-0.39, 0.29) is 23.3 Å². The van der Waals surface area contributed by atoms with Gasteiger partial charge in [-0.3, -0.25) is 9.48 Å². The molecule has 0 bridgehead atoms. The average molecular weight is 414 g/mol. The molecule has 148 valence electrons.